The van der Waals surface area contributed by atoms with Crippen LogP contribution in [0.4, 0.5) is 14.7 Å². The number of nitrogens with two attached hydrogens (primary N) is 1. The molecule has 3 aromatic rings. The van der Waals surface area contributed by atoms with Gasteiger partial charge in [-0.1, -0.05) is 23.7 Å². The lowest BCUT2D eigenvalue weighted by atomic mass is 10.1. The molecule has 140 valence electrons. The van der Waals surface area contributed by atoms with Gasteiger partial charge in [0.2, 0.25) is 5.95 Å². The van der Waals surface area contributed by atoms with Crippen molar-refractivity contribution in [2.45, 2.75) is 12.8 Å². The number of aliphatic imine (C=N–C) groups is 1. The monoisotopic (exact) mass is 393 g/mol. The molecule has 0 saturated carbocycles. The van der Waals surface area contributed by atoms with Gasteiger partial charge in [0.1, 0.15) is 0 Å². The summed E-state index contributed by atoms with van der Waals surface area (Å²) in [6.45, 7) is -3.03. The molecule has 0 bridgehead atoms. The van der Waals surface area contributed by atoms with Crippen molar-refractivity contribution in [2.75, 3.05) is 12.4 Å². The molecule has 10 heteroatoms. The first-order valence-electron chi connectivity index (χ1n) is 7.87. The SMILES string of the molecule is COc1cc([C@@H]2N=C(N)Nc3nc4ccccc4n32)cc(Cl)c1OC(F)F. The van der Waals surface area contributed by atoms with Crippen LogP contribution in [0.2, 0.25) is 5.02 Å². The number of nitrogens with one attached hydrogen (secondary N) is 1. The van der Waals surface area contributed by atoms with E-state index < -0.39 is 12.8 Å². The highest BCUT2D eigenvalue weighted by molar-refractivity contribution is 6.32. The van der Waals surface area contributed by atoms with Crippen LogP contribution >= 0.6 is 11.6 Å². The first kappa shape index (κ1) is 17.3. The minimum Gasteiger partial charge on any atom is -0.493 e. The fraction of sp³-hybridized carbons (Fsp3) is 0.176. The lowest BCUT2D eigenvalue weighted by Gasteiger charge is -2.24. The number of methoxy groups -OCH3 is 1. The minimum atomic E-state index is -3.03. The van der Waals surface area contributed by atoms with Gasteiger partial charge in [0, 0.05) is 5.56 Å². The molecule has 0 amide bonds. The summed E-state index contributed by atoms with van der Waals surface area (Å²) in [6, 6.07) is 10.5. The Hall–Kier alpha value is -3.07. The lowest BCUT2D eigenvalue weighted by Crippen LogP contribution is -2.31. The second-order valence-corrected chi connectivity index (χ2v) is 6.13. The van der Waals surface area contributed by atoms with Crippen molar-refractivity contribution in [3.05, 3.63) is 47.0 Å². The summed E-state index contributed by atoms with van der Waals surface area (Å²) in [6.07, 6.45) is -0.611. The van der Waals surface area contributed by atoms with Crippen LogP contribution in [0.5, 0.6) is 11.5 Å². The highest BCUT2D eigenvalue weighted by Gasteiger charge is 2.27. The minimum absolute atomic E-state index is 0.0251. The number of aromatic nitrogens is 2. The number of alkyl halides is 2. The summed E-state index contributed by atoms with van der Waals surface area (Å²) in [5.41, 5.74) is 8.06. The van der Waals surface area contributed by atoms with Crippen LogP contribution in [-0.2, 0) is 0 Å². The average molecular weight is 394 g/mol. The molecule has 4 rings (SSSR count). The number of imidazole rings is 1. The summed E-state index contributed by atoms with van der Waals surface area (Å²) in [4.78, 5) is 8.93. The summed E-state index contributed by atoms with van der Waals surface area (Å²) in [7, 11) is 1.34. The van der Waals surface area contributed by atoms with Gasteiger partial charge in [-0.05, 0) is 24.3 Å². The number of ether oxygens (including phenoxy) is 2. The largest absolute Gasteiger partial charge is 0.493 e. The molecule has 0 spiro atoms. The predicted molar refractivity (Wildman–Crippen MR) is 97.8 cm³/mol. The quantitative estimate of drug-likeness (QED) is 0.707. The molecule has 3 N–H and O–H groups in total. The van der Waals surface area contributed by atoms with Gasteiger partial charge >= 0.3 is 6.61 Å². The van der Waals surface area contributed by atoms with Crippen molar-refractivity contribution < 1.29 is 18.3 Å². The number of nitrogens with zero attached hydrogens (tertiary/aromatic N) is 3. The number of para-hydroxylation sites is 2. The summed E-state index contributed by atoms with van der Waals surface area (Å²) in [5, 5.41) is 2.90. The van der Waals surface area contributed by atoms with Gasteiger partial charge in [-0.2, -0.15) is 8.78 Å². The number of hydrogen-bond acceptors (Lipinski definition) is 6. The number of fused-ring (bicyclic) bond motifs is 3. The van der Waals surface area contributed by atoms with Crippen LogP contribution in [0.25, 0.3) is 11.0 Å². The molecule has 27 heavy (non-hydrogen) atoms. The van der Waals surface area contributed by atoms with Gasteiger partial charge in [0.15, 0.2) is 23.6 Å². The Morgan fingerprint density at radius 3 is 2.81 bits per heavy atom. The summed E-state index contributed by atoms with van der Waals surface area (Å²) in [5.74, 6) is 0.512. The van der Waals surface area contributed by atoms with E-state index >= 15 is 0 Å². The van der Waals surface area contributed by atoms with Gasteiger partial charge in [0.05, 0.1) is 23.2 Å². The van der Waals surface area contributed by atoms with Crippen molar-refractivity contribution in [1.29, 1.82) is 0 Å². The van der Waals surface area contributed by atoms with E-state index in [0.717, 1.165) is 11.0 Å². The Labute approximate surface area is 157 Å². The standard InChI is InChI=1S/C17H14ClF2N5O2/c1-26-12-7-8(6-9(18)13(12)27-15(19)20)14-23-16(21)24-17-22-10-4-2-3-5-11(10)25(14)17/h2-7,14-15H,1H3,(H3,21,22,23,24)/t14-/m1/s1. The Kier molecular flexibility index (Phi) is 4.23. The van der Waals surface area contributed by atoms with Crippen molar-refractivity contribution in [2.24, 2.45) is 10.7 Å². The fourth-order valence-corrected chi connectivity index (χ4v) is 3.30. The third-order valence-corrected chi connectivity index (χ3v) is 4.38. The van der Waals surface area contributed by atoms with Crippen molar-refractivity contribution in [3.63, 3.8) is 0 Å². The van der Waals surface area contributed by atoms with Crippen molar-refractivity contribution in [1.82, 2.24) is 9.55 Å². The number of halogens is 3. The molecule has 1 atom stereocenters. The Morgan fingerprint density at radius 2 is 2.07 bits per heavy atom. The van der Waals surface area contributed by atoms with Crippen LogP contribution in [0.3, 0.4) is 0 Å². The molecule has 0 fully saturated rings. The van der Waals surface area contributed by atoms with E-state index in [2.05, 4.69) is 20.0 Å². The topological polar surface area (TPSA) is 86.7 Å². The molecule has 0 unspecified atom stereocenters. The van der Waals surface area contributed by atoms with Gasteiger partial charge in [0.25, 0.3) is 0 Å². The number of anilines is 1. The van der Waals surface area contributed by atoms with Crippen LogP contribution < -0.4 is 20.5 Å². The van der Waals surface area contributed by atoms with E-state index in [4.69, 9.17) is 22.1 Å². The summed E-state index contributed by atoms with van der Waals surface area (Å²) < 4.78 is 36.8. The zero-order valence-corrected chi connectivity index (χ0v) is 14.7. The lowest BCUT2D eigenvalue weighted by molar-refractivity contribution is -0.0511. The number of guanidine groups is 1. The van der Waals surface area contributed by atoms with Gasteiger partial charge in [-0.3, -0.25) is 9.88 Å². The molecular formula is C17H14ClF2N5O2. The first-order chi connectivity index (χ1) is 13.0. The molecular weight excluding hydrogens is 380 g/mol. The molecule has 0 radical (unpaired) electrons. The van der Waals surface area contributed by atoms with E-state index in [1.165, 1.54) is 19.2 Å². The van der Waals surface area contributed by atoms with Crippen molar-refractivity contribution in [3.8, 4) is 11.5 Å². The van der Waals surface area contributed by atoms with Gasteiger partial charge in [-0.25, -0.2) is 9.98 Å². The molecule has 1 aliphatic heterocycles. The maximum atomic E-state index is 12.7. The number of hydrogen-bond donors (Lipinski definition) is 2. The van der Waals surface area contributed by atoms with Gasteiger partial charge < -0.3 is 15.2 Å². The molecule has 1 aromatic heterocycles. The second-order valence-electron chi connectivity index (χ2n) is 5.72. The molecule has 0 aliphatic carbocycles. The molecule has 0 saturated heterocycles. The fourth-order valence-electron chi connectivity index (χ4n) is 3.03. The third-order valence-electron chi connectivity index (χ3n) is 4.10. The highest BCUT2D eigenvalue weighted by atomic mass is 35.5. The average Bonchev–Trinajstić information content (AvgIpc) is 3.00. The zero-order chi connectivity index (χ0) is 19.1. The molecule has 1 aliphatic rings. The van der Waals surface area contributed by atoms with Crippen LogP contribution in [-0.4, -0.2) is 29.2 Å². The van der Waals surface area contributed by atoms with E-state index in [1.807, 2.05) is 28.8 Å². The van der Waals surface area contributed by atoms with Gasteiger partial charge in [-0.15, -0.1) is 0 Å². The Morgan fingerprint density at radius 1 is 1.30 bits per heavy atom. The van der Waals surface area contributed by atoms with E-state index in [-0.39, 0.29) is 22.5 Å². The Bertz CT molecular complexity index is 1050. The first-order valence-corrected chi connectivity index (χ1v) is 8.25. The summed E-state index contributed by atoms with van der Waals surface area (Å²) >= 11 is 6.17. The maximum Gasteiger partial charge on any atom is 0.387 e. The highest BCUT2D eigenvalue weighted by Crippen LogP contribution is 2.41. The maximum absolute atomic E-state index is 12.7. The van der Waals surface area contributed by atoms with E-state index in [1.54, 1.807) is 0 Å². The van der Waals surface area contributed by atoms with Crippen LogP contribution in [0.1, 0.15) is 11.7 Å². The molecule has 2 heterocycles. The number of benzene rings is 2. The molecule has 2 aromatic carbocycles. The normalized spacial score (nSPS) is 16.0. The predicted octanol–water partition coefficient (Wildman–Crippen LogP) is 3.59. The van der Waals surface area contributed by atoms with E-state index in [9.17, 15) is 8.78 Å². The number of rotatable bonds is 4. The van der Waals surface area contributed by atoms with Crippen LogP contribution in [0.15, 0.2) is 41.4 Å². The smallest absolute Gasteiger partial charge is 0.387 e. The zero-order valence-electron chi connectivity index (χ0n) is 14.0. The molecule has 7 nitrogen and oxygen atoms in total. The Balaban J connectivity index is 1.88. The van der Waals surface area contributed by atoms with E-state index in [0.29, 0.717) is 11.5 Å². The van der Waals surface area contributed by atoms with Crippen molar-refractivity contribution >= 4 is 34.5 Å². The third kappa shape index (κ3) is 2.99. The van der Waals surface area contributed by atoms with Crippen LogP contribution in [0, 0.1) is 0 Å². The second kappa shape index (κ2) is 6.58.